The minimum absolute atomic E-state index is 0. The van der Waals surface area contributed by atoms with E-state index in [9.17, 15) is 13.0 Å². The predicted molar refractivity (Wildman–Crippen MR) is 119 cm³/mol. The van der Waals surface area contributed by atoms with Gasteiger partial charge in [-0.1, -0.05) is 47.6 Å². The number of benzene rings is 3. The van der Waals surface area contributed by atoms with Gasteiger partial charge in [-0.25, -0.2) is 13.4 Å². The first kappa shape index (κ1) is 24.1. The molecule has 0 bridgehead atoms. The molecule has 0 aliphatic rings. The Hall–Kier alpha value is -1.52. The predicted octanol–water partition coefficient (Wildman–Crippen LogP) is 2.03. The Morgan fingerprint density at radius 3 is 2.35 bits per heavy atom. The molecule has 1 heterocycles. The second-order valence-electron chi connectivity index (χ2n) is 6.64. The van der Waals surface area contributed by atoms with E-state index in [1.54, 1.807) is 0 Å². The van der Waals surface area contributed by atoms with Gasteiger partial charge in [0.15, 0.2) is 5.16 Å². The molecule has 1 aromatic heterocycles. The van der Waals surface area contributed by atoms with Gasteiger partial charge in [0, 0.05) is 23.0 Å². The minimum Gasteiger partial charge on any atom is -0.744 e. The zero-order valence-electron chi connectivity index (χ0n) is 16.6. The number of fused-ring (bicyclic) bond motifs is 1. The third-order valence-corrected chi connectivity index (χ3v) is 6.49. The van der Waals surface area contributed by atoms with Gasteiger partial charge in [0.2, 0.25) is 0 Å². The first-order chi connectivity index (χ1) is 14.4. The number of aromatic amines is 1. The van der Waals surface area contributed by atoms with E-state index in [0.717, 1.165) is 21.8 Å². The van der Waals surface area contributed by atoms with Gasteiger partial charge in [-0.15, -0.1) is 0 Å². The van der Waals surface area contributed by atoms with Crippen LogP contribution in [0.15, 0.2) is 76.8 Å². The normalized spacial score (nSPS) is 11.3. The molecule has 0 saturated heterocycles. The molecule has 31 heavy (non-hydrogen) atoms. The number of thioether (sulfide) groups is 1. The summed E-state index contributed by atoms with van der Waals surface area (Å²) in [6.07, 6.45) is 0. The smallest absolute Gasteiger partial charge is 0.744 e. The van der Waals surface area contributed by atoms with E-state index in [2.05, 4.69) is 15.3 Å². The SMILES string of the molecule is O=S(=O)([O-])c1ccc2nc(SCc3ccc(NCc4ccc(Cl)cc4)cc3)[nH]c2c1.[Na+]. The van der Waals surface area contributed by atoms with Crippen LogP contribution < -0.4 is 34.9 Å². The van der Waals surface area contributed by atoms with Crippen molar-refractivity contribution < 1.29 is 42.5 Å². The molecule has 0 fully saturated rings. The van der Waals surface area contributed by atoms with Gasteiger partial charge in [-0.3, -0.25) is 0 Å². The zero-order valence-corrected chi connectivity index (χ0v) is 21.0. The van der Waals surface area contributed by atoms with Crippen LogP contribution in [0.5, 0.6) is 0 Å². The summed E-state index contributed by atoms with van der Waals surface area (Å²) in [4.78, 5) is 7.22. The second kappa shape index (κ2) is 10.4. The third kappa shape index (κ3) is 6.49. The molecule has 0 aliphatic heterocycles. The topological polar surface area (TPSA) is 97.9 Å². The molecule has 0 aliphatic carbocycles. The van der Waals surface area contributed by atoms with E-state index in [4.69, 9.17) is 11.6 Å². The molecule has 154 valence electrons. The maximum Gasteiger partial charge on any atom is 1.00 e. The van der Waals surface area contributed by atoms with Crippen molar-refractivity contribution in [2.75, 3.05) is 5.32 Å². The molecule has 0 radical (unpaired) electrons. The molecule has 0 atom stereocenters. The van der Waals surface area contributed by atoms with Crippen LogP contribution in [0, 0.1) is 0 Å². The molecule has 4 aromatic rings. The molecule has 2 N–H and O–H groups in total. The van der Waals surface area contributed by atoms with Crippen molar-refractivity contribution in [3.63, 3.8) is 0 Å². The number of imidazole rings is 1. The number of anilines is 1. The quantitative estimate of drug-likeness (QED) is 0.238. The van der Waals surface area contributed by atoms with Crippen molar-refractivity contribution >= 4 is 50.2 Å². The van der Waals surface area contributed by atoms with Gasteiger partial charge in [0.25, 0.3) is 0 Å². The molecule has 0 unspecified atom stereocenters. The number of hydrogen-bond acceptors (Lipinski definition) is 6. The summed E-state index contributed by atoms with van der Waals surface area (Å²) in [5.41, 5.74) is 4.44. The summed E-state index contributed by atoms with van der Waals surface area (Å²) in [7, 11) is -4.49. The van der Waals surface area contributed by atoms with Gasteiger partial charge < -0.3 is 14.9 Å². The summed E-state index contributed by atoms with van der Waals surface area (Å²) in [5, 5.41) is 4.76. The van der Waals surface area contributed by atoms with Crippen molar-refractivity contribution in [2.24, 2.45) is 0 Å². The van der Waals surface area contributed by atoms with E-state index in [1.165, 1.54) is 30.0 Å². The Kier molecular flexibility index (Phi) is 8.09. The third-order valence-electron chi connectivity index (χ3n) is 4.46. The zero-order chi connectivity index (χ0) is 21.1. The van der Waals surface area contributed by atoms with Crippen molar-refractivity contribution in [2.45, 2.75) is 22.3 Å². The first-order valence-electron chi connectivity index (χ1n) is 9.02. The largest absolute Gasteiger partial charge is 1.00 e. The van der Waals surface area contributed by atoms with Crippen LogP contribution in [-0.4, -0.2) is 22.9 Å². The number of hydrogen-bond donors (Lipinski definition) is 2. The van der Waals surface area contributed by atoms with Gasteiger partial charge in [-0.05, 0) is 53.6 Å². The first-order valence-corrected chi connectivity index (χ1v) is 11.8. The molecular weight excluding hydrogens is 465 g/mol. The van der Waals surface area contributed by atoms with Crippen molar-refractivity contribution in [1.82, 2.24) is 9.97 Å². The number of nitrogens with one attached hydrogen (secondary N) is 2. The summed E-state index contributed by atoms with van der Waals surface area (Å²) in [5.74, 6) is 0.698. The number of aromatic nitrogens is 2. The van der Waals surface area contributed by atoms with Crippen molar-refractivity contribution in [3.8, 4) is 0 Å². The standard InChI is InChI=1S/C21H18ClN3O3S2.Na/c22-16-5-1-14(2-6-16)12-23-17-7-3-15(4-8-17)13-29-21-24-19-10-9-18(30(26,27)28)11-20(19)25-21;/h1-11,23H,12-13H2,(H,24,25)(H,26,27,28);/q;+1/p-1. The van der Waals surface area contributed by atoms with E-state index >= 15 is 0 Å². The summed E-state index contributed by atoms with van der Waals surface area (Å²) in [6, 6.07) is 20.0. The van der Waals surface area contributed by atoms with Crippen molar-refractivity contribution in [1.29, 1.82) is 0 Å². The Morgan fingerprint density at radius 1 is 1.00 bits per heavy atom. The van der Waals surface area contributed by atoms with Crippen LogP contribution in [0.25, 0.3) is 11.0 Å². The molecule has 0 spiro atoms. The van der Waals surface area contributed by atoms with E-state index in [0.29, 0.717) is 28.5 Å². The van der Waals surface area contributed by atoms with E-state index in [1.807, 2.05) is 48.5 Å². The summed E-state index contributed by atoms with van der Waals surface area (Å²) in [6.45, 7) is 0.714. The second-order valence-corrected chi connectivity index (χ2v) is 9.42. The fourth-order valence-corrected chi connectivity index (χ4v) is 4.33. The van der Waals surface area contributed by atoms with Crippen LogP contribution in [-0.2, 0) is 22.4 Å². The number of halogens is 1. The Bertz CT molecular complexity index is 1280. The average molecular weight is 482 g/mol. The Balaban J connectivity index is 0.00000272. The van der Waals surface area contributed by atoms with Crippen LogP contribution in [0.3, 0.4) is 0 Å². The Morgan fingerprint density at radius 2 is 1.68 bits per heavy atom. The molecule has 4 rings (SSSR count). The Labute approximate surface area is 211 Å². The maximum atomic E-state index is 11.2. The van der Waals surface area contributed by atoms with Gasteiger partial charge in [-0.2, -0.15) is 0 Å². The van der Waals surface area contributed by atoms with Crippen molar-refractivity contribution in [3.05, 3.63) is 82.9 Å². The fraction of sp³-hybridized carbons (Fsp3) is 0.0952. The number of rotatable bonds is 7. The monoisotopic (exact) mass is 481 g/mol. The van der Waals surface area contributed by atoms with E-state index < -0.39 is 10.1 Å². The number of nitrogens with zero attached hydrogens (tertiary/aromatic N) is 1. The molecule has 0 saturated carbocycles. The van der Waals surface area contributed by atoms with Gasteiger partial charge >= 0.3 is 29.6 Å². The fourth-order valence-electron chi connectivity index (χ4n) is 2.87. The van der Waals surface area contributed by atoms with Crippen LogP contribution in [0.4, 0.5) is 5.69 Å². The number of H-pyrrole nitrogens is 1. The molecule has 0 amide bonds. The van der Waals surface area contributed by atoms with Crippen LogP contribution >= 0.6 is 23.4 Å². The van der Waals surface area contributed by atoms with Crippen LogP contribution in [0.2, 0.25) is 5.02 Å². The van der Waals surface area contributed by atoms with Gasteiger partial charge in [0.1, 0.15) is 10.1 Å². The van der Waals surface area contributed by atoms with E-state index in [-0.39, 0.29) is 34.5 Å². The molecular formula is C21H17ClN3NaO3S2. The van der Waals surface area contributed by atoms with Gasteiger partial charge in [0.05, 0.1) is 15.9 Å². The molecule has 6 nitrogen and oxygen atoms in total. The maximum absolute atomic E-state index is 11.2. The minimum atomic E-state index is -4.49. The summed E-state index contributed by atoms with van der Waals surface area (Å²) < 4.78 is 33.5. The van der Waals surface area contributed by atoms with Crippen LogP contribution in [0.1, 0.15) is 11.1 Å². The summed E-state index contributed by atoms with van der Waals surface area (Å²) >= 11 is 7.41. The molecule has 3 aromatic carbocycles. The molecule has 10 heteroatoms. The average Bonchev–Trinajstić information content (AvgIpc) is 3.14.